The first kappa shape index (κ1) is 11.2. The van der Waals surface area contributed by atoms with Crippen LogP contribution in [0, 0.1) is 5.92 Å². The summed E-state index contributed by atoms with van der Waals surface area (Å²) in [5, 5.41) is 0. The molecule has 0 aliphatic rings. The van der Waals surface area contributed by atoms with E-state index < -0.39 is 0 Å². The molecule has 0 bridgehead atoms. The van der Waals surface area contributed by atoms with E-state index in [1.807, 2.05) is 6.08 Å². The maximum absolute atomic E-state index is 3.70. The molecule has 0 saturated heterocycles. The Bertz CT molecular complexity index is 172. The fraction of sp³-hybridized carbons (Fsp3) is 0.500. The Morgan fingerprint density at radius 1 is 1.50 bits per heavy atom. The molecule has 0 amide bonds. The highest BCUT2D eigenvalue weighted by molar-refractivity contribution is 5.06. The van der Waals surface area contributed by atoms with Crippen molar-refractivity contribution in [1.82, 2.24) is 0 Å². The Kier molecular flexibility index (Phi) is 6.45. The zero-order valence-electron chi connectivity index (χ0n) is 8.51. The first-order valence-corrected chi connectivity index (χ1v) is 4.61. The van der Waals surface area contributed by atoms with Gasteiger partial charge in [-0.05, 0) is 32.6 Å². The van der Waals surface area contributed by atoms with Gasteiger partial charge in [-0.3, -0.25) is 0 Å². The molecular formula is C12H20. The van der Waals surface area contributed by atoms with Crippen LogP contribution in [0.3, 0.4) is 0 Å². The highest BCUT2D eigenvalue weighted by Crippen LogP contribution is 2.14. The Morgan fingerprint density at radius 2 is 2.17 bits per heavy atom. The summed E-state index contributed by atoms with van der Waals surface area (Å²) in [5.41, 5.74) is 1.47. The Morgan fingerprint density at radius 3 is 2.67 bits per heavy atom. The maximum Gasteiger partial charge on any atom is -0.0169 e. The van der Waals surface area contributed by atoms with Crippen molar-refractivity contribution in [3.05, 3.63) is 36.5 Å². The molecule has 0 saturated carbocycles. The fourth-order valence-corrected chi connectivity index (χ4v) is 0.997. The van der Waals surface area contributed by atoms with Crippen molar-refractivity contribution in [3.63, 3.8) is 0 Å². The third kappa shape index (κ3) is 4.95. The fourth-order valence-electron chi connectivity index (χ4n) is 0.997. The normalized spacial score (nSPS) is 15.1. The van der Waals surface area contributed by atoms with Crippen LogP contribution in [0.15, 0.2) is 36.5 Å². The molecule has 0 N–H and O–H groups in total. The molecule has 68 valence electrons. The van der Waals surface area contributed by atoms with Crippen molar-refractivity contribution in [1.29, 1.82) is 0 Å². The van der Waals surface area contributed by atoms with Crippen molar-refractivity contribution in [3.8, 4) is 0 Å². The smallest absolute Gasteiger partial charge is 0.0169 e. The van der Waals surface area contributed by atoms with Gasteiger partial charge < -0.3 is 0 Å². The van der Waals surface area contributed by atoms with Crippen molar-refractivity contribution in [2.45, 2.75) is 33.6 Å². The monoisotopic (exact) mass is 164 g/mol. The molecule has 1 unspecified atom stereocenters. The average molecular weight is 164 g/mol. The van der Waals surface area contributed by atoms with Crippen molar-refractivity contribution >= 4 is 0 Å². The van der Waals surface area contributed by atoms with Gasteiger partial charge in [-0.2, -0.15) is 0 Å². The summed E-state index contributed by atoms with van der Waals surface area (Å²) in [6, 6.07) is 0. The summed E-state index contributed by atoms with van der Waals surface area (Å²) < 4.78 is 0. The lowest BCUT2D eigenvalue weighted by molar-refractivity contribution is 0.691. The molecule has 0 heteroatoms. The molecule has 0 fully saturated rings. The van der Waals surface area contributed by atoms with Gasteiger partial charge in [0.05, 0.1) is 0 Å². The Labute approximate surface area is 76.7 Å². The second-order valence-corrected chi connectivity index (χ2v) is 3.18. The molecule has 1 atom stereocenters. The predicted molar refractivity (Wildman–Crippen MR) is 57.2 cm³/mol. The molecule has 0 aromatic rings. The largest absolute Gasteiger partial charge is 0.103 e. The third-order valence-electron chi connectivity index (χ3n) is 2.11. The quantitative estimate of drug-likeness (QED) is 0.536. The Balaban J connectivity index is 3.90. The van der Waals surface area contributed by atoms with Gasteiger partial charge in [0, 0.05) is 0 Å². The summed E-state index contributed by atoms with van der Waals surface area (Å²) in [6.45, 7) is 10.2. The minimum absolute atomic E-state index is 0.668. The second kappa shape index (κ2) is 6.90. The van der Waals surface area contributed by atoms with Crippen LogP contribution in [-0.4, -0.2) is 0 Å². The minimum Gasteiger partial charge on any atom is -0.103 e. The topological polar surface area (TPSA) is 0 Å². The average Bonchev–Trinajstić information content (AvgIpc) is 2.10. The van der Waals surface area contributed by atoms with E-state index in [1.165, 1.54) is 5.57 Å². The molecule has 0 aliphatic heterocycles. The molecule has 0 heterocycles. The van der Waals surface area contributed by atoms with Crippen LogP contribution in [0.1, 0.15) is 33.6 Å². The van der Waals surface area contributed by atoms with Crippen LogP contribution in [0.4, 0.5) is 0 Å². The van der Waals surface area contributed by atoms with E-state index in [9.17, 15) is 0 Å². The van der Waals surface area contributed by atoms with E-state index in [1.54, 1.807) is 0 Å². The number of hydrogen-bond donors (Lipinski definition) is 0. The lowest BCUT2D eigenvalue weighted by Crippen LogP contribution is -1.93. The molecule has 0 aromatic carbocycles. The van der Waals surface area contributed by atoms with Gasteiger partial charge in [0.1, 0.15) is 0 Å². The van der Waals surface area contributed by atoms with E-state index in [0.717, 1.165) is 12.8 Å². The molecular weight excluding hydrogens is 144 g/mol. The molecule has 12 heavy (non-hydrogen) atoms. The summed E-state index contributed by atoms with van der Waals surface area (Å²) in [4.78, 5) is 0. The minimum atomic E-state index is 0.668. The second-order valence-electron chi connectivity index (χ2n) is 3.18. The van der Waals surface area contributed by atoms with Gasteiger partial charge in [0.2, 0.25) is 0 Å². The van der Waals surface area contributed by atoms with E-state index in [2.05, 4.69) is 45.6 Å². The lowest BCUT2D eigenvalue weighted by atomic mass is 9.98. The summed E-state index contributed by atoms with van der Waals surface area (Å²) in [6.07, 6.45) is 10.7. The van der Waals surface area contributed by atoms with Crippen LogP contribution < -0.4 is 0 Å². The third-order valence-corrected chi connectivity index (χ3v) is 2.11. The molecule has 0 aromatic heterocycles. The van der Waals surface area contributed by atoms with E-state index in [-0.39, 0.29) is 0 Å². The molecule has 0 radical (unpaired) electrons. The highest BCUT2D eigenvalue weighted by Gasteiger charge is 1.99. The zero-order chi connectivity index (χ0) is 9.40. The summed E-state index contributed by atoms with van der Waals surface area (Å²) >= 11 is 0. The summed E-state index contributed by atoms with van der Waals surface area (Å²) in [5.74, 6) is 0.668. The SMILES string of the molecule is C=CCC=C(C)C(C)CC=CC. The zero-order valence-corrected chi connectivity index (χ0v) is 8.51. The molecule has 0 nitrogen and oxygen atoms in total. The van der Waals surface area contributed by atoms with Gasteiger partial charge in [-0.15, -0.1) is 6.58 Å². The van der Waals surface area contributed by atoms with Crippen LogP contribution in [-0.2, 0) is 0 Å². The molecule has 0 aliphatic carbocycles. The standard InChI is InChI=1S/C12H20/c1-5-7-9-11(3)12(4)10-8-6-2/h5-6,8-9,12H,1,7,10H2,2-4H3. The van der Waals surface area contributed by atoms with E-state index in [0.29, 0.717) is 5.92 Å². The number of hydrogen-bond acceptors (Lipinski definition) is 0. The van der Waals surface area contributed by atoms with Crippen LogP contribution in [0.2, 0.25) is 0 Å². The number of rotatable bonds is 5. The van der Waals surface area contributed by atoms with Crippen LogP contribution in [0.25, 0.3) is 0 Å². The Hall–Kier alpha value is -0.780. The van der Waals surface area contributed by atoms with Gasteiger partial charge in [-0.25, -0.2) is 0 Å². The summed E-state index contributed by atoms with van der Waals surface area (Å²) in [7, 11) is 0. The van der Waals surface area contributed by atoms with Gasteiger partial charge in [-0.1, -0.05) is 36.8 Å². The van der Waals surface area contributed by atoms with Gasteiger partial charge in [0.15, 0.2) is 0 Å². The first-order valence-electron chi connectivity index (χ1n) is 4.61. The van der Waals surface area contributed by atoms with Crippen LogP contribution in [0.5, 0.6) is 0 Å². The number of allylic oxidation sites excluding steroid dienone is 5. The van der Waals surface area contributed by atoms with E-state index in [4.69, 9.17) is 0 Å². The highest BCUT2D eigenvalue weighted by atomic mass is 14.1. The first-order chi connectivity index (χ1) is 5.72. The maximum atomic E-state index is 3.70. The van der Waals surface area contributed by atoms with Crippen molar-refractivity contribution in [2.24, 2.45) is 5.92 Å². The molecule has 0 spiro atoms. The lowest BCUT2D eigenvalue weighted by Gasteiger charge is -2.08. The predicted octanol–water partition coefficient (Wildman–Crippen LogP) is 4.11. The van der Waals surface area contributed by atoms with Crippen LogP contribution >= 0.6 is 0 Å². The van der Waals surface area contributed by atoms with Crippen molar-refractivity contribution in [2.75, 3.05) is 0 Å². The van der Waals surface area contributed by atoms with Gasteiger partial charge >= 0.3 is 0 Å². The van der Waals surface area contributed by atoms with Crippen molar-refractivity contribution < 1.29 is 0 Å². The van der Waals surface area contributed by atoms with Gasteiger partial charge in [0.25, 0.3) is 0 Å². The van der Waals surface area contributed by atoms with E-state index >= 15 is 0 Å². The molecule has 0 rings (SSSR count).